The van der Waals surface area contributed by atoms with Gasteiger partial charge in [-0.05, 0) is 67.3 Å². The summed E-state index contributed by atoms with van der Waals surface area (Å²) in [5.41, 5.74) is 2.57. The zero-order valence-corrected chi connectivity index (χ0v) is 13.5. The largest absolute Gasteiger partial charge is 0.381 e. The molecule has 0 radical (unpaired) electrons. The molecule has 0 saturated carbocycles. The van der Waals surface area contributed by atoms with Crippen LogP contribution in [0.25, 0.3) is 0 Å². The summed E-state index contributed by atoms with van der Waals surface area (Å²) in [4.78, 5) is 0. The summed E-state index contributed by atoms with van der Waals surface area (Å²) >= 11 is 0. The zero-order chi connectivity index (χ0) is 15.3. The minimum absolute atomic E-state index is 0.143. The Morgan fingerprint density at radius 2 is 2.00 bits per heavy atom. The highest BCUT2D eigenvalue weighted by Crippen LogP contribution is 2.34. The summed E-state index contributed by atoms with van der Waals surface area (Å²) in [5, 5.41) is 3.62. The molecule has 2 nitrogen and oxygen atoms in total. The second kappa shape index (κ2) is 7.37. The van der Waals surface area contributed by atoms with Crippen LogP contribution in [0.15, 0.2) is 18.2 Å². The van der Waals surface area contributed by atoms with Gasteiger partial charge in [-0.3, -0.25) is 0 Å². The third kappa shape index (κ3) is 4.79. The lowest BCUT2D eigenvalue weighted by Gasteiger charge is -2.38. The van der Waals surface area contributed by atoms with Gasteiger partial charge >= 0.3 is 0 Å². The van der Waals surface area contributed by atoms with Crippen molar-refractivity contribution in [2.75, 3.05) is 26.3 Å². The Balaban J connectivity index is 2.08. The van der Waals surface area contributed by atoms with Crippen molar-refractivity contribution in [2.45, 2.75) is 40.0 Å². The Morgan fingerprint density at radius 3 is 2.62 bits per heavy atom. The lowest BCUT2D eigenvalue weighted by atomic mass is 9.74. The summed E-state index contributed by atoms with van der Waals surface area (Å²) in [6, 6.07) is 5.17. The number of benzene rings is 1. The molecule has 1 heterocycles. The molecular weight excluding hydrogens is 265 g/mol. The van der Waals surface area contributed by atoms with Crippen LogP contribution in [-0.4, -0.2) is 26.3 Å². The van der Waals surface area contributed by atoms with Crippen molar-refractivity contribution in [3.63, 3.8) is 0 Å². The van der Waals surface area contributed by atoms with E-state index >= 15 is 0 Å². The van der Waals surface area contributed by atoms with Gasteiger partial charge in [0, 0.05) is 19.8 Å². The van der Waals surface area contributed by atoms with Gasteiger partial charge in [0.2, 0.25) is 0 Å². The fourth-order valence-electron chi connectivity index (χ4n) is 3.11. The highest BCUT2D eigenvalue weighted by Gasteiger charge is 2.32. The molecular formula is C18H28FNO. The Kier molecular flexibility index (Phi) is 5.77. The van der Waals surface area contributed by atoms with E-state index in [-0.39, 0.29) is 11.2 Å². The van der Waals surface area contributed by atoms with Crippen LogP contribution in [0, 0.1) is 24.1 Å². The van der Waals surface area contributed by atoms with E-state index in [1.54, 1.807) is 12.1 Å². The van der Waals surface area contributed by atoms with Crippen molar-refractivity contribution in [1.29, 1.82) is 0 Å². The van der Waals surface area contributed by atoms with Crippen LogP contribution in [0.2, 0.25) is 0 Å². The summed E-state index contributed by atoms with van der Waals surface area (Å²) < 4.78 is 18.8. The quantitative estimate of drug-likeness (QED) is 0.863. The molecule has 1 aromatic rings. The van der Waals surface area contributed by atoms with Gasteiger partial charge < -0.3 is 10.1 Å². The molecule has 1 aliphatic rings. The second-order valence-electron chi connectivity index (χ2n) is 6.88. The van der Waals surface area contributed by atoms with Gasteiger partial charge in [0.25, 0.3) is 0 Å². The van der Waals surface area contributed by atoms with E-state index in [0.717, 1.165) is 51.1 Å². The monoisotopic (exact) mass is 293 g/mol. The Bertz CT molecular complexity index is 453. The lowest BCUT2D eigenvalue weighted by Crippen LogP contribution is -2.42. The number of aryl methyl sites for hydroxylation is 1. The third-order valence-electron chi connectivity index (χ3n) is 4.48. The number of ether oxygens (including phenoxy) is 1. The van der Waals surface area contributed by atoms with E-state index in [2.05, 4.69) is 19.2 Å². The van der Waals surface area contributed by atoms with Gasteiger partial charge in [0.15, 0.2) is 0 Å². The van der Waals surface area contributed by atoms with Crippen LogP contribution in [0.3, 0.4) is 0 Å². The maximum absolute atomic E-state index is 13.3. The van der Waals surface area contributed by atoms with Crippen LogP contribution in [0.1, 0.15) is 37.8 Å². The van der Waals surface area contributed by atoms with E-state index in [4.69, 9.17) is 4.74 Å². The number of rotatable bonds is 6. The standard InChI is InChI=1S/C18H28FNO/c1-14(2)12-20-13-18(6-8-21-9-7-18)11-16-4-5-17(19)10-15(16)3/h4-5,10,14,20H,6-9,11-13H2,1-3H3. The molecule has 0 amide bonds. The SMILES string of the molecule is Cc1cc(F)ccc1CC1(CNCC(C)C)CCOCC1. The maximum atomic E-state index is 13.3. The van der Waals surface area contributed by atoms with Gasteiger partial charge in [0.05, 0.1) is 0 Å². The van der Waals surface area contributed by atoms with Crippen molar-refractivity contribution in [3.8, 4) is 0 Å². The van der Waals surface area contributed by atoms with E-state index in [1.807, 2.05) is 13.0 Å². The molecule has 1 saturated heterocycles. The molecule has 1 N–H and O–H groups in total. The molecule has 21 heavy (non-hydrogen) atoms. The van der Waals surface area contributed by atoms with Crippen LogP contribution >= 0.6 is 0 Å². The molecule has 1 fully saturated rings. The first-order chi connectivity index (χ1) is 10.0. The number of hydrogen-bond acceptors (Lipinski definition) is 2. The predicted molar refractivity (Wildman–Crippen MR) is 85.0 cm³/mol. The van der Waals surface area contributed by atoms with E-state index in [9.17, 15) is 4.39 Å². The Hall–Kier alpha value is -0.930. The molecule has 0 aromatic heterocycles. The topological polar surface area (TPSA) is 21.3 Å². The van der Waals surface area contributed by atoms with Crippen molar-refractivity contribution in [3.05, 3.63) is 35.1 Å². The number of hydrogen-bond donors (Lipinski definition) is 1. The summed E-state index contributed by atoms with van der Waals surface area (Å²) in [5.74, 6) is 0.518. The zero-order valence-electron chi connectivity index (χ0n) is 13.5. The summed E-state index contributed by atoms with van der Waals surface area (Å²) in [7, 11) is 0. The number of halogens is 1. The van der Waals surface area contributed by atoms with Crippen molar-refractivity contribution in [2.24, 2.45) is 11.3 Å². The van der Waals surface area contributed by atoms with Gasteiger partial charge in [-0.25, -0.2) is 4.39 Å². The fraction of sp³-hybridized carbons (Fsp3) is 0.667. The first-order valence-electron chi connectivity index (χ1n) is 8.04. The van der Waals surface area contributed by atoms with Gasteiger partial charge in [0.1, 0.15) is 5.82 Å². The van der Waals surface area contributed by atoms with Crippen molar-refractivity contribution >= 4 is 0 Å². The third-order valence-corrected chi connectivity index (χ3v) is 4.48. The predicted octanol–water partition coefficient (Wildman–Crippen LogP) is 3.72. The lowest BCUT2D eigenvalue weighted by molar-refractivity contribution is 0.0146. The second-order valence-corrected chi connectivity index (χ2v) is 6.88. The summed E-state index contributed by atoms with van der Waals surface area (Å²) in [6.07, 6.45) is 3.16. The van der Waals surface area contributed by atoms with E-state index in [0.29, 0.717) is 5.92 Å². The summed E-state index contributed by atoms with van der Waals surface area (Å²) in [6.45, 7) is 10.2. The molecule has 0 spiro atoms. The molecule has 0 atom stereocenters. The average Bonchev–Trinajstić information content (AvgIpc) is 2.43. The molecule has 0 aliphatic carbocycles. The first-order valence-corrected chi connectivity index (χ1v) is 8.04. The van der Waals surface area contributed by atoms with Crippen LogP contribution in [-0.2, 0) is 11.2 Å². The van der Waals surface area contributed by atoms with Crippen LogP contribution in [0.5, 0.6) is 0 Å². The average molecular weight is 293 g/mol. The number of nitrogens with one attached hydrogen (secondary N) is 1. The highest BCUT2D eigenvalue weighted by atomic mass is 19.1. The molecule has 0 unspecified atom stereocenters. The molecule has 118 valence electrons. The Labute approximate surface area is 128 Å². The first kappa shape index (κ1) is 16.4. The van der Waals surface area contributed by atoms with E-state index in [1.165, 1.54) is 5.56 Å². The normalized spacial score (nSPS) is 18.1. The highest BCUT2D eigenvalue weighted by molar-refractivity contribution is 5.28. The van der Waals surface area contributed by atoms with Crippen LogP contribution in [0.4, 0.5) is 4.39 Å². The minimum atomic E-state index is -0.143. The molecule has 3 heteroatoms. The fourth-order valence-corrected chi connectivity index (χ4v) is 3.11. The van der Waals surface area contributed by atoms with Gasteiger partial charge in [-0.1, -0.05) is 19.9 Å². The van der Waals surface area contributed by atoms with Crippen LogP contribution < -0.4 is 5.32 Å². The minimum Gasteiger partial charge on any atom is -0.381 e. The molecule has 1 aromatic carbocycles. The van der Waals surface area contributed by atoms with Gasteiger partial charge in [-0.2, -0.15) is 0 Å². The van der Waals surface area contributed by atoms with E-state index < -0.39 is 0 Å². The maximum Gasteiger partial charge on any atom is 0.123 e. The molecule has 0 bridgehead atoms. The molecule has 2 rings (SSSR count). The Morgan fingerprint density at radius 1 is 1.29 bits per heavy atom. The van der Waals surface area contributed by atoms with Gasteiger partial charge in [-0.15, -0.1) is 0 Å². The van der Waals surface area contributed by atoms with Crippen molar-refractivity contribution < 1.29 is 9.13 Å². The smallest absolute Gasteiger partial charge is 0.123 e. The van der Waals surface area contributed by atoms with Crippen molar-refractivity contribution in [1.82, 2.24) is 5.32 Å². The molecule has 1 aliphatic heterocycles.